The minimum atomic E-state index is -0.510. The lowest BCUT2D eigenvalue weighted by Crippen LogP contribution is -2.37. The first-order valence-electron chi connectivity index (χ1n) is 7.52. The summed E-state index contributed by atoms with van der Waals surface area (Å²) in [5.74, 6) is 0.612. The molecule has 2 aromatic rings. The molecule has 0 saturated heterocycles. The van der Waals surface area contributed by atoms with E-state index in [4.69, 9.17) is 4.74 Å². The van der Waals surface area contributed by atoms with Crippen molar-refractivity contribution in [2.24, 2.45) is 0 Å². The first-order chi connectivity index (χ1) is 10.6. The van der Waals surface area contributed by atoms with E-state index in [0.717, 1.165) is 29.3 Å². The average molecular weight is 318 g/mol. The summed E-state index contributed by atoms with van der Waals surface area (Å²) < 4.78 is 5.66. The van der Waals surface area contributed by atoms with E-state index in [1.54, 1.807) is 18.3 Å². The fourth-order valence-electron chi connectivity index (χ4n) is 2.04. The normalized spacial score (nSPS) is 12.0. The number of carbonyl (C=O) groups is 1. The second-order valence-corrected chi connectivity index (χ2v) is 6.22. The van der Waals surface area contributed by atoms with Crippen LogP contribution in [0.15, 0.2) is 29.6 Å². The van der Waals surface area contributed by atoms with Crippen LogP contribution in [0.3, 0.4) is 0 Å². The van der Waals surface area contributed by atoms with Gasteiger partial charge in [-0.3, -0.25) is 4.79 Å². The van der Waals surface area contributed by atoms with E-state index in [1.165, 1.54) is 5.56 Å². The molecule has 0 saturated carbocycles. The van der Waals surface area contributed by atoms with Crippen LogP contribution in [0.2, 0.25) is 0 Å². The van der Waals surface area contributed by atoms with E-state index < -0.39 is 6.10 Å². The first kappa shape index (κ1) is 16.5. The van der Waals surface area contributed by atoms with Crippen molar-refractivity contribution in [3.05, 3.63) is 45.9 Å². The highest BCUT2D eigenvalue weighted by atomic mass is 32.1. The number of nitrogens with zero attached hydrogens (tertiary/aromatic N) is 1. The van der Waals surface area contributed by atoms with Gasteiger partial charge in [0.1, 0.15) is 5.75 Å². The first-order valence-corrected chi connectivity index (χ1v) is 8.40. The van der Waals surface area contributed by atoms with Gasteiger partial charge in [-0.2, -0.15) is 0 Å². The molecule has 0 aliphatic heterocycles. The quantitative estimate of drug-likeness (QED) is 0.853. The molecule has 1 N–H and O–H groups in total. The largest absolute Gasteiger partial charge is 0.481 e. The van der Waals surface area contributed by atoms with Crippen LogP contribution in [0.4, 0.5) is 0 Å². The van der Waals surface area contributed by atoms with Crippen molar-refractivity contribution >= 4 is 17.2 Å². The van der Waals surface area contributed by atoms with Crippen molar-refractivity contribution < 1.29 is 9.53 Å². The SMILES string of the molecule is CCc1ccc(OC(C)C(=O)NCCc2csc(C)n2)cc1. The number of ether oxygens (including phenoxy) is 1. The lowest BCUT2D eigenvalue weighted by atomic mass is 10.2. The smallest absolute Gasteiger partial charge is 0.260 e. The number of hydrogen-bond donors (Lipinski definition) is 1. The Morgan fingerprint density at radius 1 is 1.36 bits per heavy atom. The maximum atomic E-state index is 12.0. The number of aromatic nitrogens is 1. The van der Waals surface area contributed by atoms with Gasteiger partial charge in [0, 0.05) is 18.3 Å². The lowest BCUT2D eigenvalue weighted by molar-refractivity contribution is -0.127. The highest BCUT2D eigenvalue weighted by Gasteiger charge is 2.14. The van der Waals surface area contributed by atoms with Crippen LogP contribution in [0.25, 0.3) is 0 Å². The van der Waals surface area contributed by atoms with Gasteiger partial charge in [0.25, 0.3) is 5.91 Å². The van der Waals surface area contributed by atoms with Gasteiger partial charge in [-0.1, -0.05) is 19.1 Å². The fraction of sp³-hybridized carbons (Fsp3) is 0.412. The summed E-state index contributed by atoms with van der Waals surface area (Å²) in [6.45, 7) is 6.42. The zero-order valence-electron chi connectivity index (χ0n) is 13.3. The number of thiazole rings is 1. The third kappa shape index (κ3) is 4.84. The van der Waals surface area contributed by atoms with Crippen LogP contribution in [0.1, 0.15) is 30.1 Å². The van der Waals surface area contributed by atoms with Crippen molar-refractivity contribution in [1.29, 1.82) is 0 Å². The summed E-state index contributed by atoms with van der Waals surface area (Å²) in [6.07, 6.45) is 1.23. The molecule has 0 radical (unpaired) electrons. The van der Waals surface area contributed by atoms with Gasteiger partial charge in [0.05, 0.1) is 10.7 Å². The molecular formula is C17H22N2O2S. The maximum absolute atomic E-state index is 12.0. The zero-order valence-corrected chi connectivity index (χ0v) is 14.1. The Hall–Kier alpha value is -1.88. The third-order valence-electron chi connectivity index (χ3n) is 3.36. The molecule has 1 aromatic carbocycles. The second-order valence-electron chi connectivity index (χ2n) is 5.16. The minimum Gasteiger partial charge on any atom is -0.481 e. The summed E-state index contributed by atoms with van der Waals surface area (Å²) in [4.78, 5) is 16.4. The second kappa shape index (κ2) is 7.94. The molecule has 0 bridgehead atoms. The number of nitrogens with one attached hydrogen (secondary N) is 1. The Balaban J connectivity index is 1.76. The van der Waals surface area contributed by atoms with Gasteiger partial charge in [-0.15, -0.1) is 11.3 Å². The molecule has 0 aliphatic rings. The molecule has 2 rings (SSSR count). The number of hydrogen-bond acceptors (Lipinski definition) is 4. The molecular weight excluding hydrogens is 296 g/mol. The molecule has 118 valence electrons. The molecule has 0 fully saturated rings. The lowest BCUT2D eigenvalue weighted by Gasteiger charge is -2.14. The Morgan fingerprint density at radius 3 is 2.68 bits per heavy atom. The van der Waals surface area contributed by atoms with Crippen molar-refractivity contribution in [3.63, 3.8) is 0 Å². The molecule has 1 amide bonds. The molecule has 1 aromatic heterocycles. The van der Waals surface area contributed by atoms with Gasteiger partial charge in [-0.05, 0) is 38.0 Å². The minimum absolute atomic E-state index is 0.105. The molecule has 4 nitrogen and oxygen atoms in total. The molecule has 1 atom stereocenters. The van der Waals surface area contributed by atoms with Crippen LogP contribution < -0.4 is 10.1 Å². The van der Waals surface area contributed by atoms with Crippen molar-refractivity contribution in [1.82, 2.24) is 10.3 Å². The number of amides is 1. The Morgan fingerprint density at radius 2 is 2.09 bits per heavy atom. The Labute approximate surface area is 135 Å². The van der Waals surface area contributed by atoms with E-state index in [-0.39, 0.29) is 5.91 Å². The van der Waals surface area contributed by atoms with Gasteiger partial charge in [0.15, 0.2) is 6.10 Å². The summed E-state index contributed by atoms with van der Waals surface area (Å²) in [6, 6.07) is 7.84. The standard InChI is InChI=1S/C17H22N2O2S/c1-4-14-5-7-16(8-6-14)21-12(2)17(20)18-10-9-15-11-22-13(3)19-15/h5-8,11-12H,4,9-10H2,1-3H3,(H,18,20). The summed E-state index contributed by atoms with van der Waals surface area (Å²) in [5, 5.41) is 5.96. The Kier molecular flexibility index (Phi) is 5.95. The van der Waals surface area contributed by atoms with Gasteiger partial charge >= 0.3 is 0 Å². The van der Waals surface area contributed by atoms with Crippen molar-refractivity contribution in [2.45, 2.75) is 39.7 Å². The molecule has 5 heteroatoms. The third-order valence-corrected chi connectivity index (χ3v) is 4.18. The van der Waals surface area contributed by atoms with E-state index >= 15 is 0 Å². The van der Waals surface area contributed by atoms with E-state index in [1.807, 2.05) is 36.6 Å². The monoisotopic (exact) mass is 318 g/mol. The fourth-order valence-corrected chi connectivity index (χ4v) is 2.69. The topological polar surface area (TPSA) is 51.2 Å². The molecule has 1 unspecified atom stereocenters. The summed E-state index contributed by atoms with van der Waals surface area (Å²) >= 11 is 1.63. The van der Waals surface area contributed by atoms with Crippen LogP contribution in [0.5, 0.6) is 5.75 Å². The average Bonchev–Trinajstić information content (AvgIpc) is 2.93. The summed E-state index contributed by atoms with van der Waals surface area (Å²) in [7, 11) is 0. The predicted octanol–water partition coefficient (Wildman–Crippen LogP) is 3.14. The van der Waals surface area contributed by atoms with Crippen LogP contribution in [0, 0.1) is 6.92 Å². The van der Waals surface area contributed by atoms with Crippen LogP contribution in [-0.2, 0) is 17.6 Å². The van der Waals surface area contributed by atoms with Crippen LogP contribution >= 0.6 is 11.3 Å². The number of rotatable bonds is 7. The van der Waals surface area contributed by atoms with Crippen LogP contribution in [-0.4, -0.2) is 23.5 Å². The van der Waals surface area contributed by atoms with E-state index in [0.29, 0.717) is 6.54 Å². The number of benzene rings is 1. The van der Waals surface area contributed by atoms with Gasteiger partial charge < -0.3 is 10.1 Å². The summed E-state index contributed by atoms with van der Waals surface area (Å²) in [5.41, 5.74) is 2.27. The molecule has 1 heterocycles. The zero-order chi connectivity index (χ0) is 15.9. The van der Waals surface area contributed by atoms with E-state index in [9.17, 15) is 4.79 Å². The van der Waals surface area contributed by atoms with Gasteiger partial charge in [0.2, 0.25) is 0 Å². The highest BCUT2D eigenvalue weighted by molar-refractivity contribution is 7.09. The maximum Gasteiger partial charge on any atom is 0.260 e. The molecule has 0 spiro atoms. The predicted molar refractivity (Wildman–Crippen MR) is 89.5 cm³/mol. The van der Waals surface area contributed by atoms with Crippen molar-refractivity contribution in [3.8, 4) is 5.75 Å². The van der Waals surface area contributed by atoms with E-state index in [2.05, 4.69) is 17.2 Å². The number of aryl methyl sites for hydroxylation is 2. The molecule has 0 aliphatic carbocycles. The Bertz CT molecular complexity index is 607. The highest BCUT2D eigenvalue weighted by Crippen LogP contribution is 2.14. The number of carbonyl (C=O) groups excluding carboxylic acids is 1. The van der Waals surface area contributed by atoms with Gasteiger partial charge in [-0.25, -0.2) is 4.98 Å². The molecule has 22 heavy (non-hydrogen) atoms. The van der Waals surface area contributed by atoms with Crippen molar-refractivity contribution in [2.75, 3.05) is 6.54 Å².